The zero-order valence-corrected chi connectivity index (χ0v) is 20.5. The molecule has 3 heterocycles. The second-order valence-electron chi connectivity index (χ2n) is 8.80. The molecule has 1 aromatic carbocycles. The molecule has 0 unspecified atom stereocenters. The lowest BCUT2D eigenvalue weighted by Gasteiger charge is -2.36. The van der Waals surface area contributed by atoms with Crippen LogP contribution in [0.5, 0.6) is 0 Å². The summed E-state index contributed by atoms with van der Waals surface area (Å²) >= 11 is 1.39. The first-order chi connectivity index (χ1) is 15.3. The van der Waals surface area contributed by atoms with Crippen LogP contribution in [0.2, 0.25) is 0 Å². The molecule has 2 amide bonds. The molecule has 32 heavy (non-hydrogen) atoms. The van der Waals surface area contributed by atoms with Crippen molar-refractivity contribution in [3.8, 4) is 0 Å². The van der Waals surface area contributed by atoms with E-state index in [-0.39, 0.29) is 29.0 Å². The van der Waals surface area contributed by atoms with Crippen LogP contribution in [-0.4, -0.2) is 92.4 Å². The summed E-state index contributed by atoms with van der Waals surface area (Å²) in [5.74, 6) is 0.523. The van der Waals surface area contributed by atoms with E-state index in [4.69, 9.17) is 0 Å². The zero-order chi connectivity index (χ0) is 22.9. The molecule has 176 valence electrons. The quantitative estimate of drug-likeness (QED) is 0.638. The highest BCUT2D eigenvalue weighted by molar-refractivity contribution is 8.00. The molecule has 0 aliphatic carbocycles. The van der Waals surface area contributed by atoms with Gasteiger partial charge in [-0.1, -0.05) is 13.8 Å². The number of hydrogen-bond acceptors (Lipinski definition) is 6. The van der Waals surface area contributed by atoms with Gasteiger partial charge in [0.2, 0.25) is 21.8 Å². The van der Waals surface area contributed by atoms with Gasteiger partial charge < -0.3 is 14.7 Å². The Balaban J connectivity index is 1.54. The van der Waals surface area contributed by atoms with Gasteiger partial charge in [0, 0.05) is 44.2 Å². The van der Waals surface area contributed by atoms with E-state index in [0.29, 0.717) is 37.8 Å². The van der Waals surface area contributed by atoms with Gasteiger partial charge in [0.25, 0.3) is 0 Å². The number of amides is 2. The molecule has 3 aliphatic heterocycles. The monoisotopic (exact) mass is 480 g/mol. The molecule has 0 N–H and O–H groups in total. The highest BCUT2D eigenvalue weighted by Crippen LogP contribution is 2.37. The number of nitrogens with zero attached hydrogens (tertiary/aromatic N) is 4. The maximum atomic E-state index is 13.2. The maximum Gasteiger partial charge on any atom is 0.243 e. The van der Waals surface area contributed by atoms with Crippen LogP contribution >= 0.6 is 11.8 Å². The summed E-state index contributed by atoms with van der Waals surface area (Å²) in [6, 6.07) is 4.97. The molecule has 2 fully saturated rings. The number of sulfonamides is 1. The van der Waals surface area contributed by atoms with Crippen molar-refractivity contribution < 1.29 is 18.0 Å². The van der Waals surface area contributed by atoms with E-state index in [2.05, 4.69) is 18.7 Å². The van der Waals surface area contributed by atoms with Crippen LogP contribution in [0, 0.1) is 5.92 Å². The highest BCUT2D eigenvalue weighted by atomic mass is 32.2. The van der Waals surface area contributed by atoms with Crippen molar-refractivity contribution in [2.45, 2.75) is 36.5 Å². The fourth-order valence-electron chi connectivity index (χ4n) is 4.44. The Morgan fingerprint density at radius 1 is 1.09 bits per heavy atom. The number of hydrogen-bond donors (Lipinski definition) is 0. The number of carbonyl (C=O) groups is 2. The number of fused-ring (bicyclic) bond motifs is 1. The van der Waals surface area contributed by atoms with Gasteiger partial charge in [0.15, 0.2) is 0 Å². The van der Waals surface area contributed by atoms with Gasteiger partial charge in [-0.15, -0.1) is 11.8 Å². The number of piperazine rings is 1. The minimum Gasteiger partial charge on any atom is -0.339 e. The summed E-state index contributed by atoms with van der Waals surface area (Å²) < 4.78 is 28.0. The summed E-state index contributed by atoms with van der Waals surface area (Å²) in [7, 11) is -3.63. The van der Waals surface area contributed by atoms with Crippen LogP contribution in [-0.2, 0) is 19.6 Å². The van der Waals surface area contributed by atoms with Gasteiger partial charge in [0.1, 0.15) is 6.54 Å². The molecular weight excluding hydrogens is 448 g/mol. The number of carbonyl (C=O) groups excluding carboxylic acids is 2. The molecule has 0 radical (unpaired) electrons. The minimum absolute atomic E-state index is 0.0523. The Morgan fingerprint density at radius 2 is 1.78 bits per heavy atom. The Bertz CT molecular complexity index is 968. The fraction of sp³-hybridized carbons (Fsp3) is 0.636. The second kappa shape index (κ2) is 9.70. The van der Waals surface area contributed by atoms with Gasteiger partial charge in [-0.3, -0.25) is 9.59 Å². The van der Waals surface area contributed by atoms with E-state index in [1.807, 2.05) is 0 Å². The van der Waals surface area contributed by atoms with Gasteiger partial charge in [0.05, 0.1) is 16.3 Å². The normalized spacial score (nSPS) is 21.6. The molecule has 2 saturated heterocycles. The van der Waals surface area contributed by atoms with Crippen molar-refractivity contribution in [3.63, 3.8) is 0 Å². The van der Waals surface area contributed by atoms with E-state index in [9.17, 15) is 18.0 Å². The average molecular weight is 481 g/mol. The summed E-state index contributed by atoms with van der Waals surface area (Å²) in [6.07, 6.45) is 1.70. The smallest absolute Gasteiger partial charge is 0.243 e. The molecule has 3 aliphatic rings. The predicted molar refractivity (Wildman–Crippen MR) is 125 cm³/mol. The van der Waals surface area contributed by atoms with E-state index in [0.717, 1.165) is 37.4 Å². The lowest BCUT2D eigenvalue weighted by atomic mass is 10.0. The number of piperidine rings is 1. The Kier molecular flexibility index (Phi) is 7.14. The van der Waals surface area contributed by atoms with E-state index >= 15 is 0 Å². The Labute approximate surface area is 194 Å². The van der Waals surface area contributed by atoms with Crippen molar-refractivity contribution >= 4 is 39.3 Å². The second-order valence-corrected chi connectivity index (χ2v) is 11.8. The minimum atomic E-state index is -3.63. The van der Waals surface area contributed by atoms with Crippen molar-refractivity contribution in [1.82, 2.24) is 14.1 Å². The fourth-order valence-corrected chi connectivity index (χ4v) is 6.85. The van der Waals surface area contributed by atoms with E-state index in [1.165, 1.54) is 21.0 Å². The number of likely N-dealkylation sites (N-methyl/N-ethyl adjacent to an activating group) is 1. The SMILES string of the molecule is CCN1CCN(C(=O)CN2C(=O)CSc3ccc(S(=O)(=O)N4CCC(C)CC4)cc32)CC1. The summed E-state index contributed by atoms with van der Waals surface area (Å²) in [6.45, 7) is 9.15. The molecule has 0 saturated carbocycles. The molecule has 8 nitrogen and oxygen atoms in total. The van der Waals surface area contributed by atoms with E-state index < -0.39 is 10.0 Å². The molecule has 0 aromatic heterocycles. The molecule has 0 atom stereocenters. The molecular formula is C22H32N4O4S2. The number of benzene rings is 1. The van der Waals surface area contributed by atoms with E-state index in [1.54, 1.807) is 23.1 Å². The zero-order valence-electron chi connectivity index (χ0n) is 18.8. The van der Waals surface area contributed by atoms with Crippen molar-refractivity contribution in [2.24, 2.45) is 5.92 Å². The van der Waals surface area contributed by atoms with Crippen LogP contribution in [0.15, 0.2) is 28.0 Å². The third-order valence-electron chi connectivity index (χ3n) is 6.72. The number of thioether (sulfide) groups is 1. The van der Waals surface area contributed by atoms with Crippen molar-refractivity contribution in [2.75, 3.05) is 63.0 Å². The maximum absolute atomic E-state index is 13.2. The summed E-state index contributed by atoms with van der Waals surface area (Å²) in [4.78, 5) is 32.3. The van der Waals surface area contributed by atoms with Gasteiger partial charge >= 0.3 is 0 Å². The van der Waals surface area contributed by atoms with Gasteiger partial charge in [-0.25, -0.2) is 8.42 Å². The average Bonchev–Trinajstić information content (AvgIpc) is 2.81. The standard InChI is InChI=1S/C22H32N4O4S2/c1-3-23-10-12-24(13-11-23)21(27)15-26-19-14-18(4-5-20(19)31-16-22(26)28)32(29,30)25-8-6-17(2)7-9-25/h4-5,14,17H,3,6-13,15-16H2,1-2H3. The first kappa shape index (κ1) is 23.5. The Morgan fingerprint density at radius 3 is 2.44 bits per heavy atom. The number of rotatable bonds is 5. The summed E-state index contributed by atoms with van der Waals surface area (Å²) in [5, 5.41) is 0. The lowest BCUT2D eigenvalue weighted by Crippen LogP contribution is -2.52. The van der Waals surface area contributed by atoms with Crippen LogP contribution in [0.1, 0.15) is 26.7 Å². The Hall–Kier alpha value is -1.62. The molecule has 4 rings (SSSR count). The lowest BCUT2D eigenvalue weighted by molar-refractivity contribution is -0.132. The van der Waals surface area contributed by atoms with Crippen LogP contribution in [0.3, 0.4) is 0 Å². The van der Waals surface area contributed by atoms with Gasteiger partial charge in [-0.05, 0) is 43.5 Å². The topological polar surface area (TPSA) is 81.2 Å². The first-order valence-electron chi connectivity index (χ1n) is 11.4. The highest BCUT2D eigenvalue weighted by Gasteiger charge is 2.33. The van der Waals surface area contributed by atoms with Crippen molar-refractivity contribution in [1.29, 1.82) is 0 Å². The molecule has 1 aromatic rings. The molecule has 0 bridgehead atoms. The molecule has 0 spiro atoms. The predicted octanol–water partition coefficient (Wildman–Crippen LogP) is 1.71. The van der Waals surface area contributed by atoms with Crippen molar-refractivity contribution in [3.05, 3.63) is 18.2 Å². The molecule has 10 heteroatoms. The third kappa shape index (κ3) is 4.83. The van der Waals surface area contributed by atoms with Crippen LogP contribution < -0.4 is 4.90 Å². The van der Waals surface area contributed by atoms with Crippen LogP contribution in [0.25, 0.3) is 0 Å². The number of anilines is 1. The first-order valence-corrected chi connectivity index (χ1v) is 13.8. The summed E-state index contributed by atoms with van der Waals surface area (Å²) in [5.41, 5.74) is 0.526. The third-order valence-corrected chi connectivity index (χ3v) is 9.66. The van der Waals surface area contributed by atoms with Gasteiger partial charge in [-0.2, -0.15) is 4.31 Å². The largest absolute Gasteiger partial charge is 0.339 e. The van der Waals surface area contributed by atoms with Crippen LogP contribution in [0.4, 0.5) is 5.69 Å².